The number of phenolic OH excluding ortho intramolecular Hbond substituents is 1. The fourth-order valence-corrected chi connectivity index (χ4v) is 5.63. The van der Waals surface area contributed by atoms with Gasteiger partial charge < -0.3 is 10.8 Å². The average molecular weight is 271 g/mol. The fourth-order valence-electron chi connectivity index (χ4n) is 5.63. The van der Waals surface area contributed by atoms with Gasteiger partial charge in [0.15, 0.2) is 0 Å². The lowest BCUT2D eigenvalue weighted by atomic mass is 9.50. The van der Waals surface area contributed by atoms with Gasteiger partial charge in [0.05, 0.1) is 0 Å². The summed E-state index contributed by atoms with van der Waals surface area (Å²) >= 11 is 0. The molecule has 20 heavy (non-hydrogen) atoms. The molecule has 0 unspecified atom stereocenters. The van der Waals surface area contributed by atoms with Crippen molar-refractivity contribution in [2.75, 3.05) is 6.54 Å². The van der Waals surface area contributed by atoms with Crippen molar-refractivity contribution in [3.63, 3.8) is 0 Å². The first kappa shape index (κ1) is 12.7. The number of phenols is 1. The van der Waals surface area contributed by atoms with E-state index in [-0.39, 0.29) is 0 Å². The Morgan fingerprint density at radius 2 is 1.65 bits per heavy atom. The van der Waals surface area contributed by atoms with E-state index in [4.69, 9.17) is 5.73 Å². The molecule has 4 saturated carbocycles. The number of aromatic hydroxyl groups is 1. The molecule has 0 heterocycles. The van der Waals surface area contributed by atoms with Crippen LogP contribution in [0.4, 0.5) is 0 Å². The van der Waals surface area contributed by atoms with Crippen LogP contribution in [0.3, 0.4) is 0 Å². The van der Waals surface area contributed by atoms with E-state index in [0.717, 1.165) is 30.1 Å². The molecule has 1 aromatic rings. The third-order valence-corrected chi connectivity index (χ3v) is 6.11. The summed E-state index contributed by atoms with van der Waals surface area (Å²) in [5, 5.41) is 10.4. The summed E-state index contributed by atoms with van der Waals surface area (Å²) in [6.07, 6.45) is 8.01. The van der Waals surface area contributed by atoms with Crippen LogP contribution < -0.4 is 5.73 Å². The van der Waals surface area contributed by atoms with E-state index in [0.29, 0.717) is 18.2 Å². The number of nitrogens with two attached hydrogens (primary N) is 1. The summed E-state index contributed by atoms with van der Waals surface area (Å²) in [6, 6.07) is 6.17. The predicted octanol–water partition coefficient (Wildman–Crippen LogP) is 3.43. The van der Waals surface area contributed by atoms with Crippen molar-refractivity contribution in [3.05, 3.63) is 29.3 Å². The summed E-state index contributed by atoms with van der Waals surface area (Å²) in [5.74, 6) is 4.76. The monoisotopic (exact) mass is 271 g/mol. The lowest BCUT2D eigenvalue weighted by molar-refractivity contribution is -0.00349. The largest absolute Gasteiger partial charge is 0.508 e. The highest BCUT2D eigenvalue weighted by molar-refractivity contribution is 5.40. The number of hydrogen-bond donors (Lipinski definition) is 2. The van der Waals surface area contributed by atoms with Crippen LogP contribution in [0.1, 0.15) is 49.1 Å². The van der Waals surface area contributed by atoms with Crippen LogP contribution in [0, 0.1) is 23.7 Å². The number of rotatable bonds is 3. The van der Waals surface area contributed by atoms with Crippen LogP contribution in [0.15, 0.2) is 18.2 Å². The fraction of sp³-hybridized carbons (Fsp3) is 0.667. The van der Waals surface area contributed by atoms with Gasteiger partial charge in [-0.05, 0) is 91.9 Å². The molecule has 2 heteroatoms. The van der Waals surface area contributed by atoms with Gasteiger partial charge >= 0.3 is 0 Å². The van der Waals surface area contributed by atoms with E-state index in [1.807, 2.05) is 12.1 Å². The van der Waals surface area contributed by atoms with Crippen LogP contribution in [0.5, 0.6) is 5.75 Å². The normalized spacial score (nSPS) is 38.4. The molecule has 0 atom stereocenters. The topological polar surface area (TPSA) is 46.2 Å². The molecule has 2 nitrogen and oxygen atoms in total. The first-order valence-corrected chi connectivity index (χ1v) is 8.26. The van der Waals surface area contributed by atoms with Crippen LogP contribution >= 0.6 is 0 Å². The second-order valence-corrected chi connectivity index (χ2v) is 7.39. The van der Waals surface area contributed by atoms with E-state index in [2.05, 4.69) is 6.07 Å². The lowest BCUT2D eigenvalue weighted by Gasteiger charge is -2.54. The molecular weight excluding hydrogens is 246 g/mol. The second kappa shape index (κ2) is 4.77. The zero-order valence-electron chi connectivity index (χ0n) is 12.1. The van der Waals surface area contributed by atoms with Crippen molar-refractivity contribution >= 4 is 0 Å². The molecule has 5 rings (SSSR count). The zero-order chi connectivity index (χ0) is 13.7. The van der Waals surface area contributed by atoms with Gasteiger partial charge in [0, 0.05) is 0 Å². The lowest BCUT2D eigenvalue weighted by Crippen LogP contribution is -2.43. The maximum atomic E-state index is 10.4. The molecule has 0 aliphatic heterocycles. The molecule has 0 radical (unpaired) electrons. The van der Waals surface area contributed by atoms with Crippen LogP contribution in [-0.2, 0) is 6.42 Å². The van der Waals surface area contributed by atoms with Gasteiger partial charge in [-0.3, -0.25) is 0 Å². The van der Waals surface area contributed by atoms with Crippen LogP contribution in [0.2, 0.25) is 0 Å². The van der Waals surface area contributed by atoms with Crippen molar-refractivity contribution in [1.29, 1.82) is 0 Å². The van der Waals surface area contributed by atoms with E-state index < -0.39 is 0 Å². The minimum atomic E-state index is 0.517. The first-order chi connectivity index (χ1) is 9.74. The highest BCUT2D eigenvalue weighted by Crippen LogP contribution is 2.60. The van der Waals surface area contributed by atoms with Crippen molar-refractivity contribution in [2.24, 2.45) is 29.4 Å². The maximum absolute atomic E-state index is 10.4. The highest BCUT2D eigenvalue weighted by atomic mass is 16.3. The van der Waals surface area contributed by atoms with Crippen molar-refractivity contribution < 1.29 is 5.11 Å². The highest BCUT2D eigenvalue weighted by Gasteiger charge is 2.49. The molecule has 4 bridgehead atoms. The maximum Gasteiger partial charge on any atom is 0.119 e. The molecule has 4 fully saturated rings. The van der Waals surface area contributed by atoms with Crippen LogP contribution in [-0.4, -0.2) is 11.7 Å². The Bertz CT molecular complexity index is 482. The van der Waals surface area contributed by atoms with Crippen LogP contribution in [0.25, 0.3) is 0 Å². The van der Waals surface area contributed by atoms with Gasteiger partial charge in [0.25, 0.3) is 0 Å². The summed E-state index contributed by atoms with van der Waals surface area (Å²) in [4.78, 5) is 0. The van der Waals surface area contributed by atoms with Crippen molar-refractivity contribution in [1.82, 2.24) is 0 Å². The molecule has 4 aliphatic rings. The number of hydrogen-bond acceptors (Lipinski definition) is 2. The molecule has 0 aromatic heterocycles. The quantitative estimate of drug-likeness (QED) is 0.884. The van der Waals surface area contributed by atoms with E-state index in [1.165, 1.54) is 43.2 Å². The van der Waals surface area contributed by atoms with E-state index in [9.17, 15) is 5.11 Å². The third-order valence-electron chi connectivity index (χ3n) is 6.11. The van der Waals surface area contributed by atoms with Gasteiger partial charge in [-0.1, -0.05) is 12.1 Å². The summed E-state index contributed by atoms with van der Waals surface area (Å²) in [7, 11) is 0. The molecule has 0 amide bonds. The summed E-state index contributed by atoms with van der Waals surface area (Å²) in [6.45, 7) is 0.686. The third kappa shape index (κ3) is 1.96. The van der Waals surface area contributed by atoms with E-state index >= 15 is 0 Å². The zero-order valence-corrected chi connectivity index (χ0v) is 12.1. The van der Waals surface area contributed by atoms with Gasteiger partial charge in [0.1, 0.15) is 5.75 Å². The van der Waals surface area contributed by atoms with Gasteiger partial charge in [0.2, 0.25) is 0 Å². The SMILES string of the molecule is NCCc1ccc(O)c(C2C3CC4CC(C3)CC2C4)c1. The summed E-state index contributed by atoms with van der Waals surface area (Å²) < 4.78 is 0. The minimum absolute atomic E-state index is 0.517. The Labute approximate surface area is 121 Å². The molecule has 4 aliphatic carbocycles. The predicted molar refractivity (Wildman–Crippen MR) is 80.7 cm³/mol. The second-order valence-electron chi connectivity index (χ2n) is 7.39. The Balaban J connectivity index is 1.68. The smallest absolute Gasteiger partial charge is 0.119 e. The van der Waals surface area contributed by atoms with Crippen molar-refractivity contribution in [2.45, 2.75) is 44.4 Å². The molecular formula is C18H25NO. The molecule has 1 aromatic carbocycles. The average Bonchev–Trinajstić information content (AvgIpc) is 2.41. The molecule has 0 spiro atoms. The van der Waals surface area contributed by atoms with Gasteiger partial charge in [-0.25, -0.2) is 0 Å². The van der Waals surface area contributed by atoms with Gasteiger partial charge in [-0.2, -0.15) is 0 Å². The Morgan fingerprint density at radius 3 is 2.25 bits per heavy atom. The molecule has 3 N–H and O–H groups in total. The summed E-state index contributed by atoms with van der Waals surface area (Å²) in [5.41, 5.74) is 8.19. The van der Waals surface area contributed by atoms with Gasteiger partial charge in [-0.15, -0.1) is 0 Å². The van der Waals surface area contributed by atoms with E-state index in [1.54, 1.807) is 0 Å². The number of benzene rings is 1. The Kier molecular flexibility index (Phi) is 3.03. The Morgan fingerprint density at radius 1 is 1.00 bits per heavy atom. The Hall–Kier alpha value is -1.02. The minimum Gasteiger partial charge on any atom is -0.508 e. The molecule has 108 valence electrons. The standard InChI is InChI=1S/C18H25NO/c19-4-3-11-1-2-17(20)16(10-11)18-14-6-12-5-13(8-14)9-15(18)7-12/h1-2,10,12-15,18,20H,3-9,19H2. The van der Waals surface area contributed by atoms with Crippen molar-refractivity contribution in [3.8, 4) is 5.75 Å². The first-order valence-electron chi connectivity index (χ1n) is 8.26. The molecule has 0 saturated heterocycles.